The average Bonchev–Trinajstić information content (AvgIpc) is 2.09. The minimum Gasteiger partial charge on any atom is -0.241 e. The van der Waals surface area contributed by atoms with Crippen molar-refractivity contribution in [2.75, 3.05) is 0 Å². The lowest BCUT2D eigenvalue weighted by Crippen LogP contribution is -1.82. The van der Waals surface area contributed by atoms with Gasteiger partial charge in [-0.05, 0) is 18.1 Å². The highest BCUT2D eigenvalue weighted by Gasteiger charge is 1.96. The Morgan fingerprint density at radius 3 is 2.83 bits per heavy atom. The van der Waals surface area contributed by atoms with Crippen LogP contribution in [-0.4, -0.2) is 6.01 Å². The van der Waals surface area contributed by atoms with Crippen LogP contribution in [0.2, 0.25) is 0 Å². The number of nitrogens with zero attached hydrogens (tertiary/aromatic N) is 1. The molecule has 0 saturated carbocycles. The predicted molar refractivity (Wildman–Crippen MR) is 50.3 cm³/mol. The van der Waals surface area contributed by atoms with Gasteiger partial charge in [-0.15, -0.1) is 0 Å². The molecule has 0 unspecified atom stereocenters. The standard InChI is InChI=1S/C10H12N2/c1-2-5-9-6-3-4-7-10(9)12-8-11/h3-4,6-7,11H,2,5H2,1H3. The molecular formula is C10H12N2. The topological polar surface area (TPSA) is 36.2 Å². The number of nitrogens with one attached hydrogen (secondary N) is 1. The van der Waals surface area contributed by atoms with E-state index in [1.165, 1.54) is 5.56 Å². The maximum absolute atomic E-state index is 6.75. The molecular weight excluding hydrogens is 148 g/mol. The molecule has 0 bridgehead atoms. The molecule has 0 saturated heterocycles. The summed E-state index contributed by atoms with van der Waals surface area (Å²) in [6.45, 7) is 2.13. The Bertz CT molecular complexity index is 298. The Balaban J connectivity index is 2.99. The second-order valence-electron chi connectivity index (χ2n) is 2.60. The van der Waals surface area contributed by atoms with Crippen LogP contribution in [0.25, 0.3) is 0 Å². The summed E-state index contributed by atoms with van der Waals surface area (Å²) in [7, 11) is 0. The summed E-state index contributed by atoms with van der Waals surface area (Å²) in [4.78, 5) is 3.84. The highest BCUT2D eigenvalue weighted by atomic mass is 14.7. The molecule has 1 rings (SSSR count). The van der Waals surface area contributed by atoms with Crippen LogP contribution in [0, 0.1) is 5.41 Å². The number of rotatable bonds is 3. The molecule has 2 nitrogen and oxygen atoms in total. The Kier molecular flexibility index (Phi) is 3.24. The van der Waals surface area contributed by atoms with Crippen molar-refractivity contribution in [3.8, 4) is 0 Å². The van der Waals surface area contributed by atoms with Crippen molar-refractivity contribution in [3.05, 3.63) is 29.8 Å². The van der Waals surface area contributed by atoms with Gasteiger partial charge < -0.3 is 0 Å². The van der Waals surface area contributed by atoms with Crippen LogP contribution in [0.3, 0.4) is 0 Å². The Hall–Kier alpha value is -1.40. The SMILES string of the molecule is CCCc1ccccc1N=C=N. The molecule has 0 heterocycles. The van der Waals surface area contributed by atoms with E-state index in [0.717, 1.165) is 18.5 Å². The fourth-order valence-electron chi connectivity index (χ4n) is 1.16. The van der Waals surface area contributed by atoms with E-state index in [1.54, 1.807) is 0 Å². The smallest absolute Gasteiger partial charge is 0.0918 e. The summed E-state index contributed by atoms with van der Waals surface area (Å²) in [5, 5.41) is 6.75. The number of benzene rings is 1. The molecule has 1 N–H and O–H groups in total. The van der Waals surface area contributed by atoms with Crippen molar-refractivity contribution in [3.63, 3.8) is 0 Å². The molecule has 2 heteroatoms. The Labute approximate surface area is 72.5 Å². The fraction of sp³-hybridized carbons (Fsp3) is 0.300. The number of hydrogen-bond donors (Lipinski definition) is 1. The van der Waals surface area contributed by atoms with E-state index in [4.69, 9.17) is 5.41 Å². The molecule has 0 spiro atoms. The van der Waals surface area contributed by atoms with Gasteiger partial charge in [0.25, 0.3) is 0 Å². The van der Waals surface area contributed by atoms with Gasteiger partial charge in [-0.25, -0.2) is 5.41 Å². The molecule has 0 aliphatic heterocycles. The van der Waals surface area contributed by atoms with Gasteiger partial charge in [-0.3, -0.25) is 0 Å². The van der Waals surface area contributed by atoms with Crippen LogP contribution in [-0.2, 0) is 6.42 Å². The minimum atomic E-state index is 0.870. The third kappa shape index (κ3) is 2.04. The molecule has 0 amide bonds. The van der Waals surface area contributed by atoms with Crippen LogP contribution in [0.4, 0.5) is 5.69 Å². The van der Waals surface area contributed by atoms with Gasteiger partial charge in [-0.2, -0.15) is 4.99 Å². The van der Waals surface area contributed by atoms with Crippen molar-refractivity contribution in [2.45, 2.75) is 19.8 Å². The summed E-state index contributed by atoms with van der Waals surface area (Å²) in [5.74, 6) is 0. The van der Waals surface area contributed by atoms with E-state index < -0.39 is 0 Å². The normalized spacial score (nSPS) is 9.08. The molecule has 12 heavy (non-hydrogen) atoms. The lowest BCUT2D eigenvalue weighted by atomic mass is 10.1. The van der Waals surface area contributed by atoms with Gasteiger partial charge in [0.2, 0.25) is 0 Å². The van der Waals surface area contributed by atoms with E-state index in [-0.39, 0.29) is 0 Å². The van der Waals surface area contributed by atoms with Gasteiger partial charge in [0.15, 0.2) is 0 Å². The van der Waals surface area contributed by atoms with Gasteiger partial charge in [0, 0.05) is 0 Å². The zero-order chi connectivity index (χ0) is 8.81. The van der Waals surface area contributed by atoms with Crippen LogP contribution in [0.5, 0.6) is 0 Å². The van der Waals surface area contributed by atoms with Crippen molar-refractivity contribution >= 4 is 11.7 Å². The first-order valence-electron chi connectivity index (χ1n) is 4.09. The average molecular weight is 160 g/mol. The van der Waals surface area contributed by atoms with E-state index in [0.29, 0.717) is 0 Å². The largest absolute Gasteiger partial charge is 0.241 e. The maximum Gasteiger partial charge on any atom is 0.0918 e. The fourth-order valence-corrected chi connectivity index (χ4v) is 1.16. The van der Waals surface area contributed by atoms with Gasteiger partial charge in [0.05, 0.1) is 11.7 Å². The van der Waals surface area contributed by atoms with Crippen molar-refractivity contribution in [1.29, 1.82) is 5.41 Å². The second-order valence-corrected chi connectivity index (χ2v) is 2.60. The lowest BCUT2D eigenvalue weighted by molar-refractivity contribution is 0.922. The predicted octanol–water partition coefficient (Wildman–Crippen LogP) is 3.02. The van der Waals surface area contributed by atoms with Crippen LogP contribution < -0.4 is 0 Å². The molecule has 0 atom stereocenters. The second kappa shape index (κ2) is 4.47. The van der Waals surface area contributed by atoms with Crippen molar-refractivity contribution in [2.24, 2.45) is 4.99 Å². The Morgan fingerprint density at radius 1 is 1.42 bits per heavy atom. The first-order chi connectivity index (χ1) is 5.88. The van der Waals surface area contributed by atoms with Crippen LogP contribution in [0.15, 0.2) is 29.3 Å². The van der Waals surface area contributed by atoms with Crippen LogP contribution >= 0.6 is 0 Å². The molecule has 0 radical (unpaired) electrons. The number of aliphatic imine (C=N–C) groups is 1. The van der Waals surface area contributed by atoms with Crippen LogP contribution in [0.1, 0.15) is 18.9 Å². The van der Waals surface area contributed by atoms with Gasteiger partial charge in [-0.1, -0.05) is 31.5 Å². The number of aryl methyl sites for hydroxylation is 1. The lowest BCUT2D eigenvalue weighted by Gasteiger charge is -2.00. The quantitative estimate of drug-likeness (QED) is 0.660. The minimum absolute atomic E-state index is 0.870. The summed E-state index contributed by atoms with van der Waals surface area (Å²) < 4.78 is 0. The third-order valence-electron chi connectivity index (χ3n) is 1.69. The summed E-state index contributed by atoms with van der Waals surface area (Å²) in [6, 6.07) is 9.93. The molecule has 0 aliphatic carbocycles. The molecule has 0 aromatic heterocycles. The molecule has 0 fully saturated rings. The van der Waals surface area contributed by atoms with Gasteiger partial charge in [0.1, 0.15) is 0 Å². The van der Waals surface area contributed by atoms with Crippen molar-refractivity contribution in [1.82, 2.24) is 0 Å². The van der Waals surface area contributed by atoms with E-state index in [9.17, 15) is 0 Å². The number of hydrogen-bond acceptors (Lipinski definition) is 2. The number of para-hydroxylation sites is 1. The van der Waals surface area contributed by atoms with Gasteiger partial charge >= 0.3 is 0 Å². The third-order valence-corrected chi connectivity index (χ3v) is 1.69. The van der Waals surface area contributed by atoms with E-state index in [2.05, 4.69) is 17.9 Å². The first-order valence-corrected chi connectivity index (χ1v) is 4.09. The zero-order valence-electron chi connectivity index (χ0n) is 7.17. The first kappa shape index (κ1) is 8.69. The zero-order valence-corrected chi connectivity index (χ0v) is 7.17. The molecule has 1 aromatic carbocycles. The van der Waals surface area contributed by atoms with E-state index in [1.807, 2.05) is 24.3 Å². The Morgan fingerprint density at radius 2 is 2.17 bits per heavy atom. The highest BCUT2D eigenvalue weighted by molar-refractivity contribution is 5.54. The monoisotopic (exact) mass is 160 g/mol. The van der Waals surface area contributed by atoms with E-state index >= 15 is 0 Å². The molecule has 0 aliphatic rings. The molecule has 1 aromatic rings. The maximum atomic E-state index is 6.75. The summed E-state index contributed by atoms with van der Waals surface area (Å²) in [6.07, 6.45) is 2.12. The summed E-state index contributed by atoms with van der Waals surface area (Å²) in [5.41, 5.74) is 2.06. The van der Waals surface area contributed by atoms with Crippen molar-refractivity contribution < 1.29 is 0 Å². The molecule has 62 valence electrons. The summed E-state index contributed by atoms with van der Waals surface area (Å²) >= 11 is 0. The highest BCUT2D eigenvalue weighted by Crippen LogP contribution is 2.18.